The number of imide groups is 1. The van der Waals surface area contributed by atoms with Crippen LogP contribution in [0.4, 0.5) is 5.69 Å². The molecule has 0 aliphatic carbocycles. The number of rotatable bonds is 5. The number of hydrogen-bond donors (Lipinski definition) is 0. The van der Waals surface area contributed by atoms with E-state index in [0.717, 1.165) is 19.6 Å². The average molecular weight is 315 g/mol. The van der Waals surface area contributed by atoms with Crippen molar-refractivity contribution in [1.82, 2.24) is 9.80 Å². The number of amides is 2. The molecule has 5 heteroatoms. The molecule has 5 nitrogen and oxygen atoms in total. The van der Waals surface area contributed by atoms with Crippen molar-refractivity contribution in [2.24, 2.45) is 0 Å². The van der Waals surface area contributed by atoms with Gasteiger partial charge in [-0.2, -0.15) is 0 Å². The molecule has 2 fully saturated rings. The third kappa shape index (κ3) is 3.72. The van der Waals surface area contributed by atoms with E-state index in [1.54, 1.807) is 0 Å². The Bertz CT molecular complexity index is 545. The molecule has 1 aromatic carbocycles. The van der Waals surface area contributed by atoms with E-state index in [2.05, 4.69) is 41.1 Å². The molecular formula is C18H25N3O2. The highest BCUT2D eigenvalue weighted by Crippen LogP contribution is 2.22. The third-order valence-corrected chi connectivity index (χ3v) is 4.97. The Morgan fingerprint density at radius 3 is 2.52 bits per heavy atom. The second-order valence-corrected chi connectivity index (χ2v) is 6.50. The summed E-state index contributed by atoms with van der Waals surface area (Å²) in [5.74, 6) is -0.0316. The van der Waals surface area contributed by atoms with Gasteiger partial charge < -0.3 is 4.90 Å². The Balaban J connectivity index is 1.54. The number of hydrogen-bond acceptors (Lipinski definition) is 4. The zero-order valence-corrected chi connectivity index (χ0v) is 13.8. The van der Waals surface area contributed by atoms with Crippen molar-refractivity contribution < 1.29 is 9.59 Å². The number of likely N-dealkylation sites (tertiary alicyclic amines) is 1. The van der Waals surface area contributed by atoms with Crippen LogP contribution in [-0.2, 0) is 9.59 Å². The van der Waals surface area contributed by atoms with Crippen LogP contribution in [0.2, 0.25) is 0 Å². The molecule has 2 aliphatic rings. The Morgan fingerprint density at radius 2 is 1.83 bits per heavy atom. The minimum atomic E-state index is -0.0158. The van der Waals surface area contributed by atoms with Gasteiger partial charge in [0, 0.05) is 50.7 Å². The molecule has 0 spiro atoms. The van der Waals surface area contributed by atoms with Gasteiger partial charge in [-0.3, -0.25) is 19.4 Å². The largest absolute Gasteiger partial charge is 0.370 e. The number of benzene rings is 1. The Kier molecular flexibility index (Phi) is 4.96. The molecular weight excluding hydrogens is 290 g/mol. The van der Waals surface area contributed by atoms with Crippen LogP contribution in [-0.4, -0.2) is 60.9 Å². The van der Waals surface area contributed by atoms with Gasteiger partial charge in [-0.25, -0.2) is 0 Å². The lowest BCUT2D eigenvalue weighted by molar-refractivity contribution is -0.138. The Labute approximate surface area is 137 Å². The van der Waals surface area contributed by atoms with E-state index in [-0.39, 0.29) is 11.8 Å². The van der Waals surface area contributed by atoms with Gasteiger partial charge in [0.05, 0.1) is 0 Å². The van der Waals surface area contributed by atoms with E-state index in [1.807, 2.05) is 6.07 Å². The molecule has 0 saturated carbocycles. The normalized spacial score (nSPS) is 22.3. The molecule has 0 aromatic heterocycles. The second-order valence-electron chi connectivity index (χ2n) is 6.50. The van der Waals surface area contributed by atoms with Crippen LogP contribution < -0.4 is 4.90 Å². The maximum absolute atomic E-state index is 11.7. The first-order valence-electron chi connectivity index (χ1n) is 8.48. The molecule has 124 valence electrons. The van der Waals surface area contributed by atoms with Crippen molar-refractivity contribution in [3.8, 4) is 0 Å². The van der Waals surface area contributed by atoms with E-state index < -0.39 is 0 Å². The van der Waals surface area contributed by atoms with Crippen LogP contribution in [0.5, 0.6) is 0 Å². The second kappa shape index (κ2) is 7.13. The smallest absolute Gasteiger partial charge is 0.229 e. The number of para-hydroxylation sites is 1. The molecule has 2 aliphatic heterocycles. The summed E-state index contributed by atoms with van der Waals surface area (Å²) in [6.45, 7) is 3.38. The number of likely N-dealkylation sites (N-methyl/N-ethyl adjacent to an activating group) is 1. The van der Waals surface area contributed by atoms with Crippen molar-refractivity contribution in [3.05, 3.63) is 30.3 Å². The van der Waals surface area contributed by atoms with Gasteiger partial charge in [-0.1, -0.05) is 18.2 Å². The summed E-state index contributed by atoms with van der Waals surface area (Å²) in [5.41, 5.74) is 1.27. The van der Waals surface area contributed by atoms with Gasteiger partial charge in [0.1, 0.15) is 0 Å². The lowest BCUT2D eigenvalue weighted by Crippen LogP contribution is -2.48. The first-order chi connectivity index (χ1) is 11.1. The summed E-state index contributed by atoms with van der Waals surface area (Å²) in [6.07, 6.45) is 3.11. The van der Waals surface area contributed by atoms with Crippen molar-refractivity contribution in [1.29, 1.82) is 0 Å². The van der Waals surface area contributed by atoms with Gasteiger partial charge in [-0.15, -0.1) is 0 Å². The SMILES string of the molecule is CN(CCN1C(=O)CCC1=O)C1CCCN(c2ccccc2)C1. The zero-order chi connectivity index (χ0) is 16.2. The number of piperidine rings is 1. The highest BCUT2D eigenvalue weighted by Gasteiger charge is 2.30. The van der Waals surface area contributed by atoms with Gasteiger partial charge in [0.25, 0.3) is 0 Å². The van der Waals surface area contributed by atoms with Crippen molar-refractivity contribution in [2.75, 3.05) is 38.1 Å². The molecule has 2 heterocycles. The van der Waals surface area contributed by atoms with Crippen LogP contribution >= 0.6 is 0 Å². The van der Waals surface area contributed by atoms with E-state index in [0.29, 0.717) is 25.4 Å². The molecule has 0 bridgehead atoms. The summed E-state index contributed by atoms with van der Waals surface area (Å²) in [6, 6.07) is 11.0. The summed E-state index contributed by atoms with van der Waals surface area (Å²) < 4.78 is 0. The zero-order valence-electron chi connectivity index (χ0n) is 13.8. The molecule has 0 N–H and O–H groups in total. The fraction of sp³-hybridized carbons (Fsp3) is 0.556. The lowest BCUT2D eigenvalue weighted by atomic mass is 10.0. The van der Waals surface area contributed by atoms with E-state index in [9.17, 15) is 9.59 Å². The average Bonchev–Trinajstić information content (AvgIpc) is 2.92. The van der Waals surface area contributed by atoms with Crippen molar-refractivity contribution >= 4 is 17.5 Å². The van der Waals surface area contributed by atoms with Crippen molar-refractivity contribution in [2.45, 2.75) is 31.7 Å². The lowest BCUT2D eigenvalue weighted by Gasteiger charge is -2.39. The van der Waals surface area contributed by atoms with Crippen LogP contribution in [0.3, 0.4) is 0 Å². The van der Waals surface area contributed by atoms with Crippen LogP contribution in [0.15, 0.2) is 30.3 Å². The van der Waals surface area contributed by atoms with Crippen LogP contribution in [0.1, 0.15) is 25.7 Å². The van der Waals surface area contributed by atoms with Crippen LogP contribution in [0, 0.1) is 0 Å². The predicted octanol–water partition coefficient (Wildman–Crippen LogP) is 1.74. The predicted molar refractivity (Wildman–Crippen MR) is 90.3 cm³/mol. The maximum Gasteiger partial charge on any atom is 0.229 e. The summed E-state index contributed by atoms with van der Waals surface area (Å²) >= 11 is 0. The standard InChI is InChI=1S/C18H25N3O2/c1-19(12-13-21-17(22)9-10-18(21)23)16-8-5-11-20(14-16)15-6-3-2-4-7-15/h2-4,6-7,16H,5,8-14H2,1H3. The third-order valence-electron chi connectivity index (χ3n) is 4.97. The van der Waals surface area contributed by atoms with Crippen LogP contribution in [0.25, 0.3) is 0 Å². The molecule has 1 aromatic rings. The monoisotopic (exact) mass is 315 g/mol. The molecule has 1 atom stereocenters. The van der Waals surface area contributed by atoms with E-state index in [4.69, 9.17) is 0 Å². The van der Waals surface area contributed by atoms with E-state index in [1.165, 1.54) is 23.4 Å². The number of nitrogens with zero attached hydrogens (tertiary/aromatic N) is 3. The summed E-state index contributed by atoms with van der Waals surface area (Å²) in [4.78, 5) is 29.5. The fourth-order valence-corrected chi connectivity index (χ4v) is 3.50. The van der Waals surface area contributed by atoms with Gasteiger partial charge in [0.2, 0.25) is 11.8 Å². The van der Waals surface area contributed by atoms with Gasteiger partial charge in [-0.05, 0) is 32.0 Å². The van der Waals surface area contributed by atoms with Gasteiger partial charge >= 0.3 is 0 Å². The van der Waals surface area contributed by atoms with Crippen molar-refractivity contribution in [3.63, 3.8) is 0 Å². The molecule has 0 radical (unpaired) electrons. The number of anilines is 1. The highest BCUT2D eigenvalue weighted by atomic mass is 16.2. The maximum atomic E-state index is 11.7. The highest BCUT2D eigenvalue weighted by molar-refractivity contribution is 6.01. The molecule has 3 rings (SSSR count). The number of carbonyl (C=O) groups is 2. The Morgan fingerprint density at radius 1 is 1.13 bits per heavy atom. The van der Waals surface area contributed by atoms with E-state index >= 15 is 0 Å². The molecule has 2 amide bonds. The first kappa shape index (κ1) is 16.0. The first-order valence-corrected chi connectivity index (χ1v) is 8.48. The molecule has 1 unspecified atom stereocenters. The van der Waals surface area contributed by atoms with Gasteiger partial charge in [0.15, 0.2) is 0 Å². The molecule has 2 saturated heterocycles. The topological polar surface area (TPSA) is 43.9 Å². The molecule has 23 heavy (non-hydrogen) atoms. The Hall–Kier alpha value is -1.88. The number of carbonyl (C=O) groups excluding carboxylic acids is 2. The summed E-state index contributed by atoms with van der Waals surface area (Å²) in [7, 11) is 2.10. The fourth-order valence-electron chi connectivity index (χ4n) is 3.50. The summed E-state index contributed by atoms with van der Waals surface area (Å²) in [5, 5.41) is 0. The minimum Gasteiger partial charge on any atom is -0.370 e. The minimum absolute atomic E-state index is 0.0158. The quantitative estimate of drug-likeness (QED) is 0.776.